The van der Waals surface area contributed by atoms with E-state index in [0.29, 0.717) is 0 Å². The maximum absolute atomic E-state index is 9.58. The van der Waals surface area contributed by atoms with Gasteiger partial charge < -0.3 is 9.84 Å². The Kier molecular flexibility index (Phi) is 2.79. The summed E-state index contributed by atoms with van der Waals surface area (Å²) in [5.41, 5.74) is 1.12. The molecule has 0 amide bonds. The van der Waals surface area contributed by atoms with E-state index >= 15 is 0 Å². The molecule has 1 fully saturated rings. The van der Waals surface area contributed by atoms with Crippen LogP contribution in [0.4, 0.5) is 0 Å². The molecule has 0 aromatic heterocycles. The summed E-state index contributed by atoms with van der Waals surface area (Å²) in [5, 5.41) is 9.58. The molecule has 1 aliphatic rings. The van der Waals surface area contributed by atoms with Crippen molar-refractivity contribution in [2.75, 3.05) is 7.11 Å². The number of hydrogen-bond acceptors (Lipinski definition) is 2. The molecule has 3 heteroatoms. The highest BCUT2D eigenvalue weighted by molar-refractivity contribution is 9.10. The minimum atomic E-state index is -0.190. The highest BCUT2D eigenvalue weighted by Gasteiger charge is 2.32. The first kappa shape index (κ1) is 9.99. The zero-order valence-electron chi connectivity index (χ0n) is 8.03. The predicted octanol–water partition coefficient (Wildman–Crippen LogP) is 2.70. The van der Waals surface area contributed by atoms with E-state index in [1.54, 1.807) is 7.11 Å². The van der Waals surface area contributed by atoms with Crippen LogP contribution in [0, 0.1) is 0 Å². The molecule has 0 unspecified atom stereocenters. The van der Waals surface area contributed by atoms with Gasteiger partial charge in [0, 0.05) is 10.4 Å². The minimum Gasteiger partial charge on any atom is -0.496 e. The summed E-state index contributed by atoms with van der Waals surface area (Å²) in [7, 11) is 1.66. The largest absolute Gasteiger partial charge is 0.496 e. The van der Waals surface area contributed by atoms with Crippen LogP contribution in [0.15, 0.2) is 22.7 Å². The van der Waals surface area contributed by atoms with E-state index in [-0.39, 0.29) is 12.0 Å². The van der Waals surface area contributed by atoms with Gasteiger partial charge in [-0.25, -0.2) is 0 Å². The van der Waals surface area contributed by atoms with Crippen molar-refractivity contribution in [3.05, 3.63) is 28.2 Å². The van der Waals surface area contributed by atoms with Crippen LogP contribution < -0.4 is 4.74 Å². The lowest BCUT2D eigenvalue weighted by atomic mass is 9.77. The summed E-state index contributed by atoms with van der Waals surface area (Å²) >= 11 is 3.40. The van der Waals surface area contributed by atoms with Crippen LogP contribution in [-0.4, -0.2) is 18.3 Å². The molecule has 2 rings (SSSR count). The van der Waals surface area contributed by atoms with E-state index in [1.165, 1.54) is 0 Å². The van der Waals surface area contributed by atoms with Gasteiger partial charge in [0.05, 0.1) is 13.2 Å². The quantitative estimate of drug-likeness (QED) is 0.882. The summed E-state index contributed by atoms with van der Waals surface area (Å²) in [6.07, 6.45) is 1.77. The zero-order valence-corrected chi connectivity index (χ0v) is 9.62. The van der Waals surface area contributed by atoms with Crippen LogP contribution in [-0.2, 0) is 0 Å². The average molecular weight is 257 g/mol. The van der Waals surface area contributed by atoms with E-state index in [1.807, 2.05) is 18.2 Å². The molecule has 0 spiro atoms. The number of aliphatic hydroxyl groups excluding tert-OH is 1. The lowest BCUT2D eigenvalue weighted by Gasteiger charge is -2.33. The average Bonchev–Trinajstić information content (AvgIpc) is 2.18. The zero-order chi connectivity index (χ0) is 10.1. The molecule has 2 atom stereocenters. The van der Waals surface area contributed by atoms with Gasteiger partial charge in [0.15, 0.2) is 0 Å². The van der Waals surface area contributed by atoms with E-state index in [4.69, 9.17) is 4.74 Å². The Morgan fingerprint density at radius 1 is 1.43 bits per heavy atom. The van der Waals surface area contributed by atoms with Gasteiger partial charge in [-0.15, -0.1) is 0 Å². The maximum atomic E-state index is 9.58. The molecule has 1 N–H and O–H groups in total. The van der Waals surface area contributed by atoms with Crippen molar-refractivity contribution in [1.29, 1.82) is 0 Å². The number of hydrogen-bond donors (Lipinski definition) is 1. The maximum Gasteiger partial charge on any atom is 0.123 e. The van der Waals surface area contributed by atoms with Gasteiger partial charge >= 0.3 is 0 Å². The van der Waals surface area contributed by atoms with Crippen LogP contribution >= 0.6 is 15.9 Å². The van der Waals surface area contributed by atoms with Crippen molar-refractivity contribution in [3.63, 3.8) is 0 Å². The second kappa shape index (κ2) is 3.91. The molecular formula is C11H13BrO2. The highest BCUT2D eigenvalue weighted by atomic mass is 79.9. The van der Waals surface area contributed by atoms with Crippen molar-refractivity contribution < 1.29 is 9.84 Å². The molecule has 1 aromatic rings. The molecule has 1 saturated carbocycles. The number of halogens is 1. The Bertz CT molecular complexity index is 338. The fraction of sp³-hybridized carbons (Fsp3) is 0.455. The Balaban J connectivity index is 2.32. The molecular weight excluding hydrogens is 244 g/mol. The first-order valence-electron chi connectivity index (χ1n) is 4.74. The van der Waals surface area contributed by atoms with Crippen LogP contribution in [0.2, 0.25) is 0 Å². The summed E-state index contributed by atoms with van der Waals surface area (Å²) < 4.78 is 6.30. The smallest absolute Gasteiger partial charge is 0.123 e. The molecule has 14 heavy (non-hydrogen) atoms. The van der Waals surface area contributed by atoms with Crippen molar-refractivity contribution in [3.8, 4) is 5.75 Å². The number of aliphatic hydroxyl groups is 1. The third kappa shape index (κ3) is 1.66. The topological polar surface area (TPSA) is 29.5 Å². The fourth-order valence-electron chi connectivity index (χ4n) is 1.84. The minimum absolute atomic E-state index is 0.190. The van der Waals surface area contributed by atoms with Crippen LogP contribution in [0.1, 0.15) is 24.3 Å². The van der Waals surface area contributed by atoms with E-state index < -0.39 is 0 Å². The lowest BCUT2D eigenvalue weighted by Crippen LogP contribution is -2.29. The van der Waals surface area contributed by atoms with Crippen molar-refractivity contribution in [2.45, 2.75) is 24.9 Å². The summed E-state index contributed by atoms with van der Waals surface area (Å²) in [4.78, 5) is 0. The molecule has 0 aliphatic heterocycles. The van der Waals surface area contributed by atoms with E-state index in [9.17, 15) is 5.11 Å². The van der Waals surface area contributed by atoms with Crippen molar-refractivity contribution >= 4 is 15.9 Å². The Morgan fingerprint density at radius 2 is 2.21 bits per heavy atom. The van der Waals surface area contributed by atoms with Gasteiger partial charge in [0.2, 0.25) is 0 Å². The molecule has 2 nitrogen and oxygen atoms in total. The fourth-order valence-corrected chi connectivity index (χ4v) is 2.18. The number of rotatable bonds is 2. The number of benzene rings is 1. The molecule has 1 aromatic carbocycles. The number of methoxy groups -OCH3 is 1. The summed E-state index contributed by atoms with van der Waals surface area (Å²) in [6, 6.07) is 5.96. The highest BCUT2D eigenvalue weighted by Crippen LogP contribution is 2.41. The molecule has 0 heterocycles. The van der Waals surface area contributed by atoms with Gasteiger partial charge in [0.25, 0.3) is 0 Å². The van der Waals surface area contributed by atoms with E-state index in [0.717, 1.165) is 28.6 Å². The third-order valence-corrected chi connectivity index (χ3v) is 3.33. The van der Waals surface area contributed by atoms with Crippen LogP contribution in [0.3, 0.4) is 0 Å². The molecule has 1 aliphatic carbocycles. The van der Waals surface area contributed by atoms with Crippen molar-refractivity contribution in [2.24, 2.45) is 0 Å². The standard InChI is InChI=1S/C11H13BrO2/c1-14-11-6-7(12)2-3-9(11)8-4-5-10(8)13/h2-3,6,8,10,13H,4-5H2,1H3/t8-,10+/m0/s1. The predicted molar refractivity (Wildman–Crippen MR) is 58.7 cm³/mol. The number of ether oxygens (including phenoxy) is 1. The Hall–Kier alpha value is -0.540. The summed E-state index contributed by atoms with van der Waals surface area (Å²) in [6.45, 7) is 0. The van der Waals surface area contributed by atoms with Gasteiger partial charge in [0.1, 0.15) is 5.75 Å². The monoisotopic (exact) mass is 256 g/mol. The van der Waals surface area contributed by atoms with Crippen LogP contribution in [0.5, 0.6) is 5.75 Å². The normalized spacial score (nSPS) is 25.6. The van der Waals surface area contributed by atoms with Crippen molar-refractivity contribution in [1.82, 2.24) is 0 Å². The van der Waals surface area contributed by atoms with Crippen LogP contribution in [0.25, 0.3) is 0 Å². The first-order chi connectivity index (χ1) is 6.72. The Labute approximate surface area is 92.0 Å². The molecule has 0 bridgehead atoms. The van der Waals surface area contributed by atoms with Gasteiger partial charge in [-0.3, -0.25) is 0 Å². The Morgan fingerprint density at radius 3 is 2.71 bits per heavy atom. The molecule has 0 saturated heterocycles. The molecule has 0 radical (unpaired) electrons. The second-order valence-corrected chi connectivity index (χ2v) is 4.55. The molecule has 76 valence electrons. The lowest BCUT2D eigenvalue weighted by molar-refractivity contribution is 0.0649. The summed E-state index contributed by atoms with van der Waals surface area (Å²) in [5.74, 6) is 1.13. The van der Waals surface area contributed by atoms with E-state index in [2.05, 4.69) is 15.9 Å². The van der Waals surface area contributed by atoms with Gasteiger partial charge in [-0.05, 0) is 30.5 Å². The first-order valence-corrected chi connectivity index (χ1v) is 5.53. The third-order valence-electron chi connectivity index (χ3n) is 2.83. The second-order valence-electron chi connectivity index (χ2n) is 3.64. The van der Waals surface area contributed by atoms with Gasteiger partial charge in [-0.1, -0.05) is 22.0 Å². The SMILES string of the molecule is COc1cc(Br)ccc1[C@@H]1CC[C@H]1O. The van der Waals surface area contributed by atoms with Gasteiger partial charge in [-0.2, -0.15) is 0 Å².